The van der Waals surface area contributed by atoms with Crippen LogP contribution in [0.25, 0.3) is 0 Å². The fraction of sp³-hybridized carbons (Fsp3) is 0.188. The Balaban J connectivity index is 2.87. The molecule has 0 fully saturated rings. The molecule has 0 radical (unpaired) electrons. The third kappa shape index (κ3) is 3.05. The van der Waals surface area contributed by atoms with Crippen molar-refractivity contribution in [2.45, 2.75) is 12.8 Å². The van der Waals surface area contributed by atoms with Gasteiger partial charge in [-0.2, -0.15) is 5.26 Å². The number of nitro benzene ring substituents is 1. The zero-order valence-corrected chi connectivity index (χ0v) is 13.3. The summed E-state index contributed by atoms with van der Waals surface area (Å²) < 4.78 is 4.66. The molecule has 1 atom stereocenters. The first-order chi connectivity index (χ1) is 11.8. The van der Waals surface area contributed by atoms with Gasteiger partial charge in [0.1, 0.15) is 11.8 Å². The first-order valence-corrected chi connectivity index (χ1v) is 7.00. The van der Waals surface area contributed by atoms with Crippen molar-refractivity contribution in [1.29, 1.82) is 5.26 Å². The van der Waals surface area contributed by atoms with E-state index in [1.54, 1.807) is 6.07 Å². The standard InChI is InChI=1S/C16H13N3O6/c1-8-12(15(20)21)13(9-5-3-4-6-11(9)19(23)24)14(16(22)25-2)10(7-17)18-8/h3-6,13,18H,1-2H3,(H,20,21). The molecular formula is C16H13N3O6. The zero-order valence-electron chi connectivity index (χ0n) is 13.3. The highest BCUT2D eigenvalue weighted by Crippen LogP contribution is 2.41. The summed E-state index contributed by atoms with van der Waals surface area (Å²) in [6, 6.07) is 7.24. The Hall–Kier alpha value is -3.67. The number of hydrogen-bond donors (Lipinski definition) is 2. The van der Waals surface area contributed by atoms with Gasteiger partial charge in [-0.05, 0) is 6.92 Å². The zero-order chi connectivity index (χ0) is 18.7. The number of nitriles is 1. The fourth-order valence-electron chi connectivity index (χ4n) is 2.74. The van der Waals surface area contributed by atoms with Crippen LogP contribution in [0.1, 0.15) is 18.4 Å². The van der Waals surface area contributed by atoms with Gasteiger partial charge in [0.25, 0.3) is 5.69 Å². The number of nitrogens with zero attached hydrogens (tertiary/aromatic N) is 2. The molecule has 0 saturated carbocycles. The number of aliphatic carboxylic acids is 1. The highest BCUT2D eigenvalue weighted by atomic mass is 16.6. The average Bonchev–Trinajstić information content (AvgIpc) is 2.59. The minimum absolute atomic E-state index is 0.0149. The van der Waals surface area contributed by atoms with Gasteiger partial charge in [0.15, 0.2) is 0 Å². The molecule has 1 aromatic carbocycles. The molecule has 0 amide bonds. The Morgan fingerprint density at radius 1 is 1.36 bits per heavy atom. The summed E-state index contributed by atoms with van der Waals surface area (Å²) in [6.45, 7) is 1.41. The summed E-state index contributed by atoms with van der Waals surface area (Å²) in [7, 11) is 1.08. The molecule has 128 valence electrons. The van der Waals surface area contributed by atoms with E-state index in [1.165, 1.54) is 31.2 Å². The van der Waals surface area contributed by atoms with Crippen LogP contribution in [0.2, 0.25) is 0 Å². The first kappa shape index (κ1) is 17.7. The molecule has 25 heavy (non-hydrogen) atoms. The van der Waals surface area contributed by atoms with Crippen molar-refractivity contribution in [2.24, 2.45) is 0 Å². The summed E-state index contributed by atoms with van der Waals surface area (Å²) in [4.78, 5) is 34.7. The van der Waals surface area contributed by atoms with E-state index in [2.05, 4.69) is 10.1 Å². The maximum Gasteiger partial charge on any atom is 0.337 e. The molecule has 2 N–H and O–H groups in total. The van der Waals surface area contributed by atoms with Crippen LogP contribution in [0.5, 0.6) is 0 Å². The van der Waals surface area contributed by atoms with Gasteiger partial charge in [0.05, 0.1) is 29.1 Å². The number of hydrogen-bond acceptors (Lipinski definition) is 7. The maximum absolute atomic E-state index is 12.2. The van der Waals surface area contributed by atoms with Gasteiger partial charge >= 0.3 is 11.9 Å². The number of carboxylic acids is 1. The lowest BCUT2D eigenvalue weighted by molar-refractivity contribution is -0.385. The highest BCUT2D eigenvalue weighted by molar-refractivity contribution is 6.00. The Kier molecular flexibility index (Phi) is 4.84. The highest BCUT2D eigenvalue weighted by Gasteiger charge is 2.41. The molecule has 1 aliphatic heterocycles. The van der Waals surface area contributed by atoms with Crippen LogP contribution >= 0.6 is 0 Å². The third-order valence-corrected chi connectivity index (χ3v) is 3.76. The van der Waals surface area contributed by atoms with Crippen molar-refractivity contribution in [3.05, 3.63) is 62.5 Å². The number of carboxylic acid groups (broad SMARTS) is 1. The number of nitro groups is 1. The lowest BCUT2D eigenvalue weighted by Gasteiger charge is -2.27. The minimum atomic E-state index is -1.37. The lowest BCUT2D eigenvalue weighted by Crippen LogP contribution is -2.32. The predicted molar refractivity (Wildman–Crippen MR) is 84.0 cm³/mol. The van der Waals surface area contributed by atoms with E-state index in [-0.39, 0.29) is 33.8 Å². The topological polar surface area (TPSA) is 143 Å². The molecule has 2 rings (SSSR count). The van der Waals surface area contributed by atoms with E-state index >= 15 is 0 Å². The molecule has 1 aliphatic rings. The minimum Gasteiger partial charge on any atom is -0.478 e. The van der Waals surface area contributed by atoms with Gasteiger partial charge < -0.3 is 15.2 Å². The number of carbonyl (C=O) groups excluding carboxylic acids is 1. The number of dihydropyridines is 1. The predicted octanol–water partition coefficient (Wildman–Crippen LogP) is 1.59. The molecule has 0 aromatic heterocycles. The summed E-state index contributed by atoms with van der Waals surface area (Å²) >= 11 is 0. The van der Waals surface area contributed by atoms with E-state index in [1.807, 2.05) is 0 Å². The number of para-hydroxylation sites is 1. The number of carbonyl (C=O) groups is 2. The van der Waals surface area contributed by atoms with Gasteiger partial charge in [-0.1, -0.05) is 18.2 Å². The molecule has 9 nitrogen and oxygen atoms in total. The summed E-state index contributed by atoms with van der Waals surface area (Å²) in [5.41, 5.74) is -1.04. The Bertz CT molecular complexity index is 878. The molecule has 1 heterocycles. The fourth-order valence-corrected chi connectivity index (χ4v) is 2.74. The molecule has 1 aromatic rings. The van der Waals surface area contributed by atoms with Crippen molar-refractivity contribution in [2.75, 3.05) is 7.11 Å². The average molecular weight is 343 g/mol. The molecular weight excluding hydrogens is 330 g/mol. The van der Waals surface area contributed by atoms with Crippen molar-refractivity contribution in [3.8, 4) is 6.07 Å². The van der Waals surface area contributed by atoms with Gasteiger partial charge in [-0.3, -0.25) is 10.1 Å². The second-order valence-corrected chi connectivity index (χ2v) is 5.11. The number of rotatable bonds is 4. The van der Waals surface area contributed by atoms with Crippen LogP contribution in [-0.2, 0) is 14.3 Å². The van der Waals surface area contributed by atoms with Gasteiger partial charge in [0.2, 0.25) is 0 Å². The smallest absolute Gasteiger partial charge is 0.337 e. The van der Waals surface area contributed by atoms with Crippen LogP contribution in [-0.4, -0.2) is 29.1 Å². The number of methoxy groups -OCH3 is 1. The maximum atomic E-state index is 12.2. The molecule has 0 bridgehead atoms. The number of ether oxygens (including phenoxy) is 1. The van der Waals surface area contributed by atoms with E-state index in [9.17, 15) is 30.1 Å². The summed E-state index contributed by atoms with van der Waals surface area (Å²) in [5, 5.41) is 32.8. The van der Waals surface area contributed by atoms with Crippen molar-refractivity contribution < 1.29 is 24.4 Å². The molecule has 9 heteroatoms. The molecule has 0 aliphatic carbocycles. The Morgan fingerprint density at radius 2 is 2.00 bits per heavy atom. The van der Waals surface area contributed by atoms with Crippen molar-refractivity contribution in [1.82, 2.24) is 5.32 Å². The van der Waals surface area contributed by atoms with E-state index in [4.69, 9.17) is 0 Å². The summed E-state index contributed by atoms with van der Waals surface area (Å²) in [6.07, 6.45) is 0. The first-order valence-electron chi connectivity index (χ1n) is 7.00. The Morgan fingerprint density at radius 3 is 2.52 bits per heavy atom. The SMILES string of the molecule is COC(=O)C1=C(C#N)NC(C)=C(C(=O)O)C1c1ccccc1[N+](=O)[O-]. The van der Waals surface area contributed by atoms with E-state index in [0.29, 0.717) is 0 Å². The normalized spacial score (nSPS) is 16.8. The number of esters is 1. The number of allylic oxidation sites excluding steroid dienone is 2. The van der Waals surface area contributed by atoms with E-state index in [0.717, 1.165) is 7.11 Å². The van der Waals surface area contributed by atoms with Crippen LogP contribution in [0.3, 0.4) is 0 Å². The van der Waals surface area contributed by atoms with Crippen LogP contribution in [0, 0.1) is 21.4 Å². The number of benzene rings is 1. The van der Waals surface area contributed by atoms with Gasteiger partial charge in [-0.15, -0.1) is 0 Å². The molecule has 0 spiro atoms. The molecule has 0 saturated heterocycles. The van der Waals surface area contributed by atoms with Crippen LogP contribution in [0.4, 0.5) is 5.69 Å². The monoisotopic (exact) mass is 343 g/mol. The van der Waals surface area contributed by atoms with Crippen LogP contribution < -0.4 is 5.32 Å². The second-order valence-electron chi connectivity index (χ2n) is 5.11. The number of nitrogens with one attached hydrogen (secondary N) is 1. The van der Waals surface area contributed by atoms with Crippen LogP contribution in [0.15, 0.2) is 46.8 Å². The third-order valence-electron chi connectivity index (χ3n) is 3.76. The largest absolute Gasteiger partial charge is 0.478 e. The van der Waals surface area contributed by atoms with Crippen molar-refractivity contribution >= 4 is 17.6 Å². The van der Waals surface area contributed by atoms with Gasteiger partial charge in [0, 0.05) is 17.3 Å². The molecule has 1 unspecified atom stereocenters. The van der Waals surface area contributed by atoms with Gasteiger partial charge in [-0.25, -0.2) is 9.59 Å². The second kappa shape index (κ2) is 6.84. The van der Waals surface area contributed by atoms with Crippen molar-refractivity contribution in [3.63, 3.8) is 0 Å². The lowest BCUT2D eigenvalue weighted by atomic mass is 9.79. The Labute approximate surface area is 142 Å². The quantitative estimate of drug-likeness (QED) is 0.476. The van der Waals surface area contributed by atoms with E-state index < -0.39 is 22.8 Å². The summed E-state index contributed by atoms with van der Waals surface area (Å²) in [5.74, 6) is -3.63.